The van der Waals surface area contributed by atoms with Crippen LogP contribution in [0.1, 0.15) is 29.6 Å². The van der Waals surface area contributed by atoms with Crippen molar-refractivity contribution in [3.63, 3.8) is 0 Å². The highest BCUT2D eigenvalue weighted by Crippen LogP contribution is 2.28. The van der Waals surface area contributed by atoms with E-state index in [-0.39, 0.29) is 4.90 Å². The van der Waals surface area contributed by atoms with E-state index in [1.807, 2.05) is 30.3 Å². The minimum Gasteiger partial charge on any atom is -0.378 e. The van der Waals surface area contributed by atoms with Gasteiger partial charge in [0.1, 0.15) is 0 Å². The number of ether oxygens (including phenoxy) is 1. The number of aromatic nitrogens is 2. The van der Waals surface area contributed by atoms with Gasteiger partial charge in [-0.25, -0.2) is 13.1 Å². The Balaban J connectivity index is 1.46. The Morgan fingerprint density at radius 2 is 1.66 bits per heavy atom. The molecule has 0 bridgehead atoms. The van der Waals surface area contributed by atoms with E-state index in [0.717, 1.165) is 24.9 Å². The molecule has 3 aromatic rings. The molecule has 1 N–H and O–H groups in total. The second-order valence-corrected chi connectivity index (χ2v) is 10.6. The van der Waals surface area contributed by atoms with Gasteiger partial charge in [-0.1, -0.05) is 24.6 Å². The van der Waals surface area contributed by atoms with Crippen LogP contribution >= 0.6 is 0 Å². The van der Waals surface area contributed by atoms with Crippen LogP contribution in [0.2, 0.25) is 0 Å². The van der Waals surface area contributed by atoms with Gasteiger partial charge in [0.2, 0.25) is 10.0 Å². The first-order valence-electron chi connectivity index (χ1n) is 11.9. The number of benzene rings is 2. The summed E-state index contributed by atoms with van der Waals surface area (Å²) in [6.45, 7) is 3.37. The van der Waals surface area contributed by atoms with E-state index in [0.29, 0.717) is 56.5 Å². The summed E-state index contributed by atoms with van der Waals surface area (Å²) in [4.78, 5) is 15.6. The zero-order valence-corrected chi connectivity index (χ0v) is 20.3. The Morgan fingerprint density at radius 3 is 2.40 bits per heavy atom. The molecule has 2 aliphatic heterocycles. The van der Waals surface area contributed by atoms with Crippen molar-refractivity contribution in [1.82, 2.24) is 14.1 Å². The maximum Gasteiger partial charge on any atom is 0.259 e. The maximum absolute atomic E-state index is 13.5. The molecule has 184 valence electrons. The molecule has 2 aliphatic rings. The van der Waals surface area contributed by atoms with Gasteiger partial charge in [-0.3, -0.25) is 4.79 Å². The predicted octanol–water partition coefficient (Wildman–Crippen LogP) is 3.14. The summed E-state index contributed by atoms with van der Waals surface area (Å²) in [5, 5.41) is 7.31. The van der Waals surface area contributed by atoms with Crippen molar-refractivity contribution in [3.05, 3.63) is 66.4 Å². The van der Waals surface area contributed by atoms with Gasteiger partial charge in [-0.2, -0.15) is 9.40 Å². The van der Waals surface area contributed by atoms with Crippen LogP contribution < -0.4 is 10.2 Å². The van der Waals surface area contributed by atoms with Crippen LogP contribution in [0.15, 0.2) is 65.7 Å². The summed E-state index contributed by atoms with van der Waals surface area (Å²) < 4.78 is 35.3. The van der Waals surface area contributed by atoms with E-state index < -0.39 is 15.9 Å². The summed E-state index contributed by atoms with van der Waals surface area (Å²) in [6, 6.07) is 16.2. The highest BCUT2D eigenvalue weighted by molar-refractivity contribution is 7.89. The Morgan fingerprint density at radius 1 is 0.914 bits per heavy atom. The number of piperidine rings is 1. The fourth-order valence-corrected chi connectivity index (χ4v) is 6.03. The first-order chi connectivity index (χ1) is 17.0. The minimum absolute atomic E-state index is 0.136. The zero-order valence-electron chi connectivity index (χ0n) is 19.5. The van der Waals surface area contributed by atoms with Gasteiger partial charge in [0, 0.05) is 44.1 Å². The minimum atomic E-state index is -3.68. The molecule has 0 radical (unpaired) electrons. The van der Waals surface area contributed by atoms with Gasteiger partial charge in [-0.15, -0.1) is 0 Å². The quantitative estimate of drug-likeness (QED) is 0.564. The van der Waals surface area contributed by atoms with E-state index >= 15 is 0 Å². The number of para-hydroxylation sites is 1. The van der Waals surface area contributed by atoms with Gasteiger partial charge in [0.05, 0.1) is 29.4 Å². The molecule has 0 unspecified atom stereocenters. The number of nitrogens with zero attached hydrogens (tertiary/aromatic N) is 4. The van der Waals surface area contributed by atoms with Crippen molar-refractivity contribution in [1.29, 1.82) is 0 Å². The summed E-state index contributed by atoms with van der Waals surface area (Å²) in [6.07, 6.45) is 4.50. The Kier molecular flexibility index (Phi) is 6.85. The number of amides is 1. The van der Waals surface area contributed by atoms with Gasteiger partial charge in [0.25, 0.3) is 5.91 Å². The molecule has 10 heteroatoms. The lowest BCUT2D eigenvalue weighted by Gasteiger charge is -2.31. The van der Waals surface area contributed by atoms with E-state index in [2.05, 4.69) is 15.3 Å². The first-order valence-corrected chi connectivity index (χ1v) is 13.4. The number of carbonyl (C=O) groups is 1. The molecule has 0 atom stereocenters. The fraction of sp³-hybridized carbons (Fsp3) is 0.360. The van der Waals surface area contributed by atoms with Crippen LogP contribution in [0.25, 0.3) is 5.69 Å². The first kappa shape index (κ1) is 23.5. The average Bonchev–Trinajstić information content (AvgIpc) is 3.38. The second-order valence-electron chi connectivity index (χ2n) is 8.68. The molecule has 35 heavy (non-hydrogen) atoms. The molecule has 2 fully saturated rings. The summed E-state index contributed by atoms with van der Waals surface area (Å²) in [7, 11) is -3.68. The van der Waals surface area contributed by atoms with Gasteiger partial charge in [-0.05, 0) is 43.2 Å². The number of rotatable bonds is 6. The highest BCUT2D eigenvalue weighted by Gasteiger charge is 2.28. The fourth-order valence-electron chi connectivity index (χ4n) is 4.49. The van der Waals surface area contributed by atoms with Crippen molar-refractivity contribution in [3.8, 4) is 5.69 Å². The summed E-state index contributed by atoms with van der Waals surface area (Å²) >= 11 is 0. The largest absolute Gasteiger partial charge is 0.378 e. The second kappa shape index (κ2) is 10.2. The van der Waals surface area contributed by atoms with E-state index in [1.54, 1.807) is 29.1 Å². The number of hydrogen-bond acceptors (Lipinski definition) is 6. The third kappa shape index (κ3) is 5.09. The number of sulfonamides is 1. The number of hydrogen-bond donors (Lipinski definition) is 1. The molecule has 3 heterocycles. The van der Waals surface area contributed by atoms with Crippen LogP contribution in [-0.2, 0) is 14.8 Å². The molecule has 5 rings (SSSR count). The summed E-state index contributed by atoms with van der Waals surface area (Å²) in [5.41, 5.74) is 1.86. The Hall–Kier alpha value is -3.21. The molecule has 2 saturated heterocycles. The lowest BCUT2D eigenvalue weighted by molar-refractivity contribution is 0.102. The average molecular weight is 496 g/mol. The standard InChI is InChI=1S/C25H29N5O4S/c31-25(26-24-11-14-30(27-24)20-7-3-1-4-8-20)22-19-21(35(32,33)29-12-5-2-6-13-29)9-10-23(22)28-15-17-34-18-16-28/h1,3-4,7-11,14,19H,2,5-6,12-13,15-18H2,(H,26,27,31). The Bertz CT molecular complexity index is 1280. The van der Waals surface area contributed by atoms with Gasteiger partial charge >= 0.3 is 0 Å². The SMILES string of the molecule is O=C(Nc1ccn(-c2ccccc2)n1)c1cc(S(=O)(=O)N2CCCCC2)ccc1N1CCOCC1. The van der Waals surface area contributed by atoms with Crippen molar-refractivity contribution >= 4 is 27.4 Å². The van der Waals surface area contributed by atoms with Crippen LogP contribution in [0.3, 0.4) is 0 Å². The molecule has 0 spiro atoms. The van der Waals surface area contributed by atoms with Gasteiger partial charge < -0.3 is 15.0 Å². The van der Waals surface area contributed by atoms with E-state index in [4.69, 9.17) is 4.74 Å². The molecule has 2 aromatic carbocycles. The third-order valence-corrected chi connectivity index (χ3v) is 8.26. The van der Waals surface area contributed by atoms with E-state index in [9.17, 15) is 13.2 Å². The van der Waals surface area contributed by atoms with Crippen molar-refractivity contribution in [2.24, 2.45) is 0 Å². The number of anilines is 2. The van der Waals surface area contributed by atoms with Gasteiger partial charge in [0.15, 0.2) is 5.82 Å². The summed E-state index contributed by atoms with van der Waals surface area (Å²) in [5.74, 6) is -0.0171. The molecule has 9 nitrogen and oxygen atoms in total. The van der Waals surface area contributed by atoms with Crippen molar-refractivity contribution < 1.29 is 17.9 Å². The Labute approximate surface area is 205 Å². The van der Waals surface area contributed by atoms with Crippen molar-refractivity contribution in [2.75, 3.05) is 49.6 Å². The number of carbonyl (C=O) groups excluding carboxylic acids is 1. The molecule has 1 amide bonds. The maximum atomic E-state index is 13.5. The van der Waals surface area contributed by atoms with Crippen molar-refractivity contribution in [2.45, 2.75) is 24.2 Å². The third-order valence-electron chi connectivity index (χ3n) is 6.37. The molecular formula is C25H29N5O4S. The number of morpholine rings is 1. The predicted molar refractivity (Wildman–Crippen MR) is 134 cm³/mol. The smallest absolute Gasteiger partial charge is 0.259 e. The van der Waals surface area contributed by atoms with Crippen LogP contribution in [0.5, 0.6) is 0 Å². The van der Waals surface area contributed by atoms with Crippen LogP contribution in [0, 0.1) is 0 Å². The topological polar surface area (TPSA) is 96.8 Å². The zero-order chi connectivity index (χ0) is 24.3. The normalized spacial score (nSPS) is 17.3. The lowest BCUT2D eigenvalue weighted by atomic mass is 10.1. The van der Waals surface area contributed by atoms with Crippen LogP contribution in [0.4, 0.5) is 11.5 Å². The number of nitrogens with one attached hydrogen (secondary N) is 1. The monoisotopic (exact) mass is 495 g/mol. The van der Waals surface area contributed by atoms with Crippen LogP contribution in [-0.4, -0.2) is 67.8 Å². The molecule has 0 aliphatic carbocycles. The highest BCUT2D eigenvalue weighted by atomic mass is 32.2. The molecular weight excluding hydrogens is 466 g/mol. The molecule has 0 saturated carbocycles. The molecule has 1 aromatic heterocycles. The van der Waals surface area contributed by atoms with E-state index in [1.165, 1.54) is 10.4 Å². The lowest BCUT2D eigenvalue weighted by Crippen LogP contribution is -2.38.